The van der Waals surface area contributed by atoms with E-state index in [4.69, 9.17) is 0 Å². The molecule has 0 saturated heterocycles. The van der Waals surface area contributed by atoms with Crippen molar-refractivity contribution in [2.24, 2.45) is 4.99 Å². The number of carbonyl (C=O) groups excluding carboxylic acids is 2. The topological polar surface area (TPSA) is 49.7 Å². The van der Waals surface area contributed by atoms with Gasteiger partial charge in [0, 0.05) is 0 Å². The largest absolute Gasteiger partial charge is 0.278 e. The summed E-state index contributed by atoms with van der Waals surface area (Å²) in [4.78, 5) is 27.0. The summed E-state index contributed by atoms with van der Waals surface area (Å²) in [5, 5.41) is 0.446. The highest BCUT2D eigenvalue weighted by Gasteiger charge is 2.21. The number of carbonyl (C=O) groups is 2. The van der Waals surface area contributed by atoms with Gasteiger partial charge in [0.1, 0.15) is 0 Å². The molecule has 0 spiro atoms. The van der Waals surface area contributed by atoms with Gasteiger partial charge in [-0.25, -0.2) is 0 Å². The maximum atomic E-state index is 11.0. The van der Waals surface area contributed by atoms with E-state index in [1.54, 1.807) is 12.1 Å². The number of nitrogens with zero attached hydrogens (tertiary/aromatic N) is 2. The highest BCUT2D eigenvalue weighted by atomic mass is 32.2. The van der Waals surface area contributed by atoms with E-state index < -0.39 is 0 Å². The predicted octanol–water partition coefficient (Wildman–Crippen LogP) is 1.28. The molecule has 15 heavy (non-hydrogen) atoms. The first-order valence-electron chi connectivity index (χ1n) is 4.35. The SMILES string of the molecule is O=CN(C1=NC(=O)CS1)c1ccccc1. The molecule has 1 aromatic carbocycles. The molecular formula is C10H8N2O2S. The van der Waals surface area contributed by atoms with Gasteiger partial charge in [-0.15, -0.1) is 0 Å². The van der Waals surface area contributed by atoms with Gasteiger partial charge in [0.25, 0.3) is 5.91 Å². The molecule has 0 aromatic heterocycles. The number of hydrogen-bond acceptors (Lipinski definition) is 3. The monoisotopic (exact) mass is 220 g/mol. The van der Waals surface area contributed by atoms with Gasteiger partial charge in [0.05, 0.1) is 11.4 Å². The second-order valence-electron chi connectivity index (χ2n) is 2.89. The Morgan fingerprint density at radius 2 is 2.07 bits per heavy atom. The average molecular weight is 220 g/mol. The number of para-hydroxylation sites is 1. The van der Waals surface area contributed by atoms with E-state index in [0.29, 0.717) is 23.0 Å². The standard InChI is InChI=1S/C10H8N2O2S/c13-7-12(8-4-2-1-3-5-8)10-11-9(14)6-15-10/h1-5,7H,6H2. The highest BCUT2D eigenvalue weighted by Crippen LogP contribution is 2.21. The molecule has 1 heterocycles. The summed E-state index contributed by atoms with van der Waals surface area (Å²) in [6.07, 6.45) is 0.666. The number of thioether (sulfide) groups is 1. The minimum atomic E-state index is -0.196. The second-order valence-corrected chi connectivity index (χ2v) is 3.83. The number of hydrogen-bond donors (Lipinski definition) is 0. The summed E-state index contributed by atoms with van der Waals surface area (Å²) in [6, 6.07) is 9.10. The van der Waals surface area contributed by atoms with E-state index >= 15 is 0 Å². The Kier molecular flexibility index (Phi) is 2.82. The first-order chi connectivity index (χ1) is 7.31. The Morgan fingerprint density at radius 1 is 1.33 bits per heavy atom. The first-order valence-corrected chi connectivity index (χ1v) is 5.34. The van der Waals surface area contributed by atoms with Crippen molar-refractivity contribution < 1.29 is 9.59 Å². The Hall–Kier alpha value is -1.62. The molecule has 0 aliphatic carbocycles. The van der Waals surface area contributed by atoms with Crippen LogP contribution in [0.2, 0.25) is 0 Å². The molecule has 0 N–H and O–H groups in total. The van der Waals surface area contributed by atoms with Gasteiger partial charge >= 0.3 is 0 Å². The van der Waals surface area contributed by atoms with Crippen LogP contribution in [0.1, 0.15) is 0 Å². The number of anilines is 1. The lowest BCUT2D eigenvalue weighted by molar-refractivity contribution is -0.115. The maximum Gasteiger partial charge on any atom is 0.258 e. The third-order valence-electron chi connectivity index (χ3n) is 1.89. The average Bonchev–Trinajstić information content (AvgIpc) is 2.68. The Morgan fingerprint density at radius 3 is 2.60 bits per heavy atom. The molecule has 2 rings (SSSR count). The Bertz CT molecular complexity index is 417. The predicted molar refractivity (Wildman–Crippen MR) is 59.9 cm³/mol. The van der Waals surface area contributed by atoms with Crippen molar-refractivity contribution in [3.63, 3.8) is 0 Å². The number of aliphatic imine (C=N–C) groups is 1. The van der Waals surface area contributed by atoms with Crippen LogP contribution in [0.3, 0.4) is 0 Å². The summed E-state index contributed by atoms with van der Waals surface area (Å²) in [5.74, 6) is 0.116. The number of benzene rings is 1. The molecule has 76 valence electrons. The molecule has 0 unspecified atom stereocenters. The number of amidine groups is 1. The summed E-state index contributed by atoms with van der Waals surface area (Å²) in [5.41, 5.74) is 0.716. The molecule has 0 radical (unpaired) electrons. The van der Waals surface area contributed by atoms with Gasteiger partial charge in [0.15, 0.2) is 5.17 Å². The zero-order valence-corrected chi connectivity index (χ0v) is 8.61. The molecule has 0 atom stereocenters. The van der Waals surface area contributed by atoms with Crippen molar-refractivity contribution in [3.8, 4) is 0 Å². The van der Waals surface area contributed by atoms with Crippen LogP contribution in [0.5, 0.6) is 0 Å². The van der Waals surface area contributed by atoms with E-state index in [-0.39, 0.29) is 5.91 Å². The normalized spacial score (nSPS) is 14.9. The molecule has 1 aliphatic heterocycles. The minimum absolute atomic E-state index is 0.196. The van der Waals surface area contributed by atoms with Crippen molar-refractivity contribution in [3.05, 3.63) is 30.3 Å². The fraction of sp³-hybridized carbons (Fsp3) is 0.100. The van der Waals surface area contributed by atoms with Gasteiger partial charge in [-0.1, -0.05) is 30.0 Å². The van der Waals surface area contributed by atoms with Crippen molar-refractivity contribution >= 4 is 34.9 Å². The van der Waals surface area contributed by atoms with Gasteiger partial charge < -0.3 is 0 Å². The molecule has 5 heteroatoms. The van der Waals surface area contributed by atoms with Crippen molar-refractivity contribution in [2.45, 2.75) is 0 Å². The number of amides is 2. The highest BCUT2D eigenvalue weighted by molar-refractivity contribution is 8.15. The lowest BCUT2D eigenvalue weighted by atomic mass is 10.3. The quantitative estimate of drug-likeness (QED) is 0.705. The van der Waals surface area contributed by atoms with Crippen LogP contribution in [0.4, 0.5) is 5.69 Å². The van der Waals surface area contributed by atoms with E-state index in [1.165, 1.54) is 16.7 Å². The molecule has 2 amide bonds. The molecule has 0 saturated carbocycles. The van der Waals surface area contributed by atoms with Gasteiger partial charge in [-0.2, -0.15) is 4.99 Å². The molecule has 1 aromatic rings. The second kappa shape index (κ2) is 4.27. The fourth-order valence-corrected chi connectivity index (χ4v) is 2.00. The van der Waals surface area contributed by atoms with Crippen LogP contribution in [0.15, 0.2) is 35.3 Å². The van der Waals surface area contributed by atoms with E-state index in [0.717, 1.165) is 0 Å². The van der Waals surface area contributed by atoms with Crippen LogP contribution in [0.25, 0.3) is 0 Å². The molecule has 4 nitrogen and oxygen atoms in total. The third kappa shape index (κ3) is 2.07. The van der Waals surface area contributed by atoms with Gasteiger partial charge in [0.2, 0.25) is 6.41 Å². The van der Waals surface area contributed by atoms with Crippen LogP contribution in [0, 0.1) is 0 Å². The maximum absolute atomic E-state index is 11.0. The summed E-state index contributed by atoms with van der Waals surface area (Å²) in [7, 11) is 0. The summed E-state index contributed by atoms with van der Waals surface area (Å²) >= 11 is 1.27. The zero-order valence-electron chi connectivity index (χ0n) is 7.79. The molecule has 0 bridgehead atoms. The Balaban J connectivity index is 2.29. The van der Waals surface area contributed by atoms with Crippen molar-refractivity contribution in [2.75, 3.05) is 10.7 Å². The third-order valence-corrected chi connectivity index (χ3v) is 2.83. The lowest BCUT2D eigenvalue weighted by Gasteiger charge is -2.15. The van der Waals surface area contributed by atoms with Crippen molar-refractivity contribution in [1.29, 1.82) is 0 Å². The Labute approximate surface area is 91.0 Å². The van der Waals surface area contributed by atoms with Crippen LogP contribution < -0.4 is 4.90 Å². The van der Waals surface area contributed by atoms with Crippen LogP contribution >= 0.6 is 11.8 Å². The van der Waals surface area contributed by atoms with Gasteiger partial charge in [-0.05, 0) is 12.1 Å². The van der Waals surface area contributed by atoms with Crippen LogP contribution in [-0.4, -0.2) is 23.2 Å². The molecule has 0 fully saturated rings. The lowest BCUT2D eigenvalue weighted by Crippen LogP contribution is -2.25. The summed E-state index contributed by atoms with van der Waals surface area (Å²) < 4.78 is 0. The van der Waals surface area contributed by atoms with Gasteiger partial charge in [-0.3, -0.25) is 14.5 Å². The van der Waals surface area contributed by atoms with Crippen LogP contribution in [-0.2, 0) is 9.59 Å². The van der Waals surface area contributed by atoms with E-state index in [1.807, 2.05) is 18.2 Å². The zero-order chi connectivity index (χ0) is 10.7. The smallest absolute Gasteiger partial charge is 0.258 e. The van der Waals surface area contributed by atoms with Crippen molar-refractivity contribution in [1.82, 2.24) is 0 Å². The van der Waals surface area contributed by atoms with E-state index in [2.05, 4.69) is 4.99 Å². The molecular weight excluding hydrogens is 212 g/mol. The molecule has 1 aliphatic rings. The minimum Gasteiger partial charge on any atom is -0.278 e. The fourth-order valence-electron chi connectivity index (χ4n) is 1.23. The number of rotatable bonds is 2. The van der Waals surface area contributed by atoms with E-state index in [9.17, 15) is 9.59 Å². The summed E-state index contributed by atoms with van der Waals surface area (Å²) in [6.45, 7) is 0. The first kappa shape index (κ1) is 9.92.